The Bertz CT molecular complexity index is 1800. The molecule has 2 amide bonds. The van der Waals surface area contributed by atoms with E-state index in [1.807, 2.05) is 49.4 Å². The van der Waals surface area contributed by atoms with Gasteiger partial charge in [-0.25, -0.2) is 8.42 Å². The maximum absolute atomic E-state index is 14.8. The van der Waals surface area contributed by atoms with E-state index in [0.717, 1.165) is 43.2 Å². The number of carbonyl (C=O) groups excluding carboxylic acids is 2. The van der Waals surface area contributed by atoms with Crippen molar-refractivity contribution < 1.29 is 18.0 Å². The van der Waals surface area contributed by atoms with Gasteiger partial charge in [0.05, 0.1) is 10.6 Å². The fourth-order valence-electron chi connectivity index (χ4n) is 6.22. The van der Waals surface area contributed by atoms with Crippen LogP contribution in [0, 0.1) is 0 Å². The van der Waals surface area contributed by atoms with Crippen molar-refractivity contribution in [3.05, 3.63) is 130 Å². The van der Waals surface area contributed by atoms with Crippen LogP contribution in [0.1, 0.15) is 55.7 Å². The van der Waals surface area contributed by atoms with Gasteiger partial charge >= 0.3 is 0 Å². The van der Waals surface area contributed by atoms with Crippen LogP contribution >= 0.6 is 23.2 Å². The van der Waals surface area contributed by atoms with E-state index in [9.17, 15) is 18.0 Å². The van der Waals surface area contributed by atoms with Gasteiger partial charge < -0.3 is 10.2 Å². The predicted octanol–water partition coefficient (Wildman–Crippen LogP) is 7.84. The lowest BCUT2D eigenvalue weighted by Crippen LogP contribution is -2.55. The summed E-state index contributed by atoms with van der Waals surface area (Å²) in [4.78, 5) is 30.6. The number of halogens is 2. The highest BCUT2D eigenvalue weighted by Crippen LogP contribution is 2.30. The van der Waals surface area contributed by atoms with Gasteiger partial charge in [-0.1, -0.05) is 122 Å². The lowest BCUT2D eigenvalue weighted by Gasteiger charge is -2.35. The molecule has 10 heteroatoms. The summed E-state index contributed by atoms with van der Waals surface area (Å²) in [6.07, 6.45) is 5.71. The van der Waals surface area contributed by atoms with Gasteiger partial charge in [-0.2, -0.15) is 0 Å². The van der Waals surface area contributed by atoms with Crippen molar-refractivity contribution in [1.82, 2.24) is 10.2 Å². The first-order valence-electron chi connectivity index (χ1n) is 16.4. The van der Waals surface area contributed by atoms with E-state index in [4.69, 9.17) is 23.2 Å². The molecule has 1 N–H and O–H groups in total. The van der Waals surface area contributed by atoms with Gasteiger partial charge in [0.2, 0.25) is 11.8 Å². The monoisotopic (exact) mass is 705 g/mol. The molecule has 1 saturated carbocycles. The van der Waals surface area contributed by atoms with E-state index >= 15 is 0 Å². The minimum atomic E-state index is -4.19. The number of anilines is 1. The predicted molar refractivity (Wildman–Crippen MR) is 193 cm³/mol. The molecule has 0 saturated heterocycles. The first-order valence-corrected chi connectivity index (χ1v) is 18.6. The molecule has 0 aromatic heterocycles. The van der Waals surface area contributed by atoms with E-state index in [1.165, 1.54) is 21.3 Å². The van der Waals surface area contributed by atoms with Crippen LogP contribution in [-0.2, 0) is 39.0 Å². The molecule has 0 spiro atoms. The number of aryl methyl sites for hydroxylation is 1. The number of nitrogens with one attached hydrogen (secondary N) is 1. The van der Waals surface area contributed by atoms with Crippen LogP contribution in [0.5, 0.6) is 0 Å². The summed E-state index contributed by atoms with van der Waals surface area (Å²) in [5, 5.41) is 4.01. The number of hydrogen-bond donors (Lipinski definition) is 1. The third-order valence-electron chi connectivity index (χ3n) is 8.83. The first kappa shape index (κ1) is 35.5. The van der Waals surface area contributed by atoms with Crippen LogP contribution in [0.4, 0.5) is 5.69 Å². The molecular weight excluding hydrogens is 665 g/mol. The van der Waals surface area contributed by atoms with E-state index in [2.05, 4.69) is 5.32 Å². The molecule has 1 aliphatic carbocycles. The number of hydrogen-bond acceptors (Lipinski definition) is 4. The quantitative estimate of drug-likeness (QED) is 0.154. The van der Waals surface area contributed by atoms with E-state index in [0.29, 0.717) is 27.7 Å². The van der Waals surface area contributed by atoms with Crippen molar-refractivity contribution in [3.8, 4) is 0 Å². The molecule has 4 aromatic rings. The van der Waals surface area contributed by atoms with Gasteiger partial charge in [-0.3, -0.25) is 13.9 Å². The maximum Gasteiger partial charge on any atom is 0.264 e. The fraction of sp³-hybridized carbons (Fsp3) is 0.316. The van der Waals surface area contributed by atoms with Gasteiger partial charge in [0.1, 0.15) is 12.6 Å². The number of rotatable bonds is 13. The Morgan fingerprint density at radius 3 is 2.15 bits per heavy atom. The molecule has 7 nitrogen and oxygen atoms in total. The molecule has 5 rings (SSSR count). The molecule has 0 bridgehead atoms. The molecule has 0 unspecified atom stereocenters. The van der Waals surface area contributed by atoms with Crippen LogP contribution in [0.25, 0.3) is 0 Å². The summed E-state index contributed by atoms with van der Waals surface area (Å²) in [5.41, 5.74) is 2.64. The van der Waals surface area contributed by atoms with E-state index < -0.39 is 28.5 Å². The van der Waals surface area contributed by atoms with Gasteiger partial charge in [-0.15, -0.1) is 0 Å². The highest BCUT2D eigenvalue weighted by Gasteiger charge is 2.36. The number of carbonyl (C=O) groups is 2. The highest BCUT2D eigenvalue weighted by atomic mass is 35.5. The van der Waals surface area contributed by atoms with E-state index in [1.54, 1.807) is 48.5 Å². The Labute approximate surface area is 293 Å². The minimum absolute atomic E-state index is 0.00647. The van der Waals surface area contributed by atoms with Crippen LogP contribution < -0.4 is 9.62 Å². The third-order valence-corrected chi connectivity index (χ3v) is 11.2. The summed E-state index contributed by atoms with van der Waals surface area (Å²) in [7, 11) is -4.19. The maximum atomic E-state index is 14.8. The summed E-state index contributed by atoms with van der Waals surface area (Å²) in [6, 6.07) is 28.8. The molecule has 1 fully saturated rings. The number of amides is 2. The minimum Gasteiger partial charge on any atom is -0.352 e. The number of benzene rings is 4. The van der Waals surface area contributed by atoms with Crippen molar-refractivity contribution in [1.29, 1.82) is 0 Å². The fourth-order valence-corrected chi connectivity index (χ4v) is 8.16. The smallest absolute Gasteiger partial charge is 0.264 e. The van der Waals surface area contributed by atoms with Crippen molar-refractivity contribution >= 4 is 50.7 Å². The molecule has 252 valence electrons. The second kappa shape index (κ2) is 16.5. The van der Waals surface area contributed by atoms with Gasteiger partial charge in [0.15, 0.2) is 0 Å². The highest BCUT2D eigenvalue weighted by molar-refractivity contribution is 7.92. The van der Waals surface area contributed by atoms with Crippen LogP contribution in [0.15, 0.2) is 108 Å². The molecular formula is C38H41Cl2N3O4S. The lowest BCUT2D eigenvalue weighted by molar-refractivity contribution is -0.140. The van der Waals surface area contributed by atoms with Gasteiger partial charge in [0.25, 0.3) is 10.0 Å². The average molecular weight is 707 g/mol. The second-order valence-electron chi connectivity index (χ2n) is 12.1. The molecule has 1 aliphatic rings. The Morgan fingerprint density at radius 1 is 0.833 bits per heavy atom. The SMILES string of the molecule is CCc1ccccc1N(CC(=O)N(Cc1ccc(Cl)cc1Cl)[C@@H](Cc1ccccc1)C(=O)NC1CCCCC1)S(=O)(=O)c1ccccc1. The second-order valence-corrected chi connectivity index (χ2v) is 14.8. The van der Waals surface area contributed by atoms with Gasteiger partial charge in [0, 0.05) is 29.1 Å². The first-order chi connectivity index (χ1) is 23.2. The van der Waals surface area contributed by atoms with Crippen molar-refractivity contribution in [2.45, 2.75) is 75.4 Å². The normalized spacial score (nSPS) is 14.2. The zero-order valence-corrected chi connectivity index (χ0v) is 29.4. The lowest BCUT2D eigenvalue weighted by atomic mass is 9.94. The molecule has 0 aliphatic heterocycles. The van der Waals surface area contributed by atoms with Crippen molar-refractivity contribution in [2.24, 2.45) is 0 Å². The third kappa shape index (κ3) is 8.78. The van der Waals surface area contributed by atoms with Crippen molar-refractivity contribution in [2.75, 3.05) is 10.8 Å². The average Bonchev–Trinajstić information content (AvgIpc) is 3.10. The largest absolute Gasteiger partial charge is 0.352 e. The molecule has 48 heavy (non-hydrogen) atoms. The summed E-state index contributed by atoms with van der Waals surface area (Å²) in [5.74, 6) is -0.818. The van der Waals surface area contributed by atoms with Crippen molar-refractivity contribution in [3.63, 3.8) is 0 Å². The standard InChI is InChI=1S/C38H41Cl2N3O4S/c1-2-29-16-12-13-21-35(29)43(48(46,47)33-19-10-5-11-20-33)27-37(44)42(26-30-22-23-31(39)25-34(30)40)36(24-28-14-6-3-7-15-28)38(45)41-32-17-8-4-9-18-32/h3,5-7,10-16,19-23,25,32,36H,2,4,8-9,17-18,24,26-27H2,1H3,(H,41,45)/t36-/m0/s1. The van der Waals surface area contributed by atoms with Crippen LogP contribution in [-0.4, -0.2) is 43.8 Å². The summed E-state index contributed by atoms with van der Waals surface area (Å²) >= 11 is 12.9. The Hall–Kier alpha value is -3.85. The summed E-state index contributed by atoms with van der Waals surface area (Å²) in [6.45, 7) is 1.38. The van der Waals surface area contributed by atoms with Crippen LogP contribution in [0.3, 0.4) is 0 Å². The zero-order chi connectivity index (χ0) is 34.1. The Morgan fingerprint density at radius 2 is 1.48 bits per heavy atom. The molecule has 0 radical (unpaired) electrons. The van der Waals surface area contributed by atoms with E-state index in [-0.39, 0.29) is 29.8 Å². The molecule has 0 heterocycles. The van der Waals surface area contributed by atoms with Crippen LogP contribution in [0.2, 0.25) is 10.0 Å². The number of sulfonamides is 1. The van der Waals surface area contributed by atoms with Gasteiger partial charge in [-0.05, 0) is 66.3 Å². The summed E-state index contributed by atoms with van der Waals surface area (Å²) < 4.78 is 29.8. The molecule has 1 atom stereocenters. The molecule has 4 aromatic carbocycles. The Balaban J connectivity index is 1.59. The topological polar surface area (TPSA) is 86.8 Å². The zero-order valence-electron chi connectivity index (χ0n) is 27.0. The number of nitrogens with zero attached hydrogens (tertiary/aromatic N) is 2. The Kier molecular flexibility index (Phi) is 12.2. The number of para-hydroxylation sites is 1.